The predicted octanol–water partition coefficient (Wildman–Crippen LogP) is 2.19. The largest absolute Gasteiger partial charge is 0.329 e. The Morgan fingerprint density at radius 3 is 2.88 bits per heavy atom. The summed E-state index contributed by atoms with van der Waals surface area (Å²) in [5, 5.41) is 2.49. The minimum atomic E-state index is -0.283. The van der Waals surface area contributed by atoms with E-state index in [9.17, 15) is 9.59 Å². The summed E-state index contributed by atoms with van der Waals surface area (Å²) in [7, 11) is 0. The second-order valence-electron chi connectivity index (χ2n) is 3.46. The number of nitrogens with zero attached hydrogens (tertiary/aromatic N) is 1. The van der Waals surface area contributed by atoms with Crippen LogP contribution in [0.4, 0.5) is 4.79 Å². The van der Waals surface area contributed by atoms with Crippen molar-refractivity contribution >= 4 is 46.6 Å². The van der Waals surface area contributed by atoms with Crippen molar-refractivity contribution in [2.24, 2.45) is 0 Å². The molecule has 2 rings (SSSR count). The zero-order valence-corrected chi connectivity index (χ0v) is 11.3. The number of rotatable bonds is 5. The maximum absolute atomic E-state index is 11.3. The highest BCUT2D eigenvalue weighted by Gasteiger charge is 2.27. The fourth-order valence-electron chi connectivity index (χ4n) is 1.44. The summed E-state index contributed by atoms with van der Waals surface area (Å²) in [6.45, 7) is 0.596. The number of thioether (sulfide) groups is 1. The molecule has 0 unspecified atom stereocenters. The maximum atomic E-state index is 11.3. The van der Waals surface area contributed by atoms with Crippen LogP contribution in [0.1, 0.15) is 4.88 Å². The Morgan fingerprint density at radius 2 is 2.29 bits per heavy atom. The molecular formula is C10H11ClN2O2S2. The van der Waals surface area contributed by atoms with E-state index in [0.29, 0.717) is 6.54 Å². The van der Waals surface area contributed by atoms with E-state index in [0.717, 1.165) is 15.8 Å². The number of imide groups is 1. The number of amides is 3. The van der Waals surface area contributed by atoms with Crippen LogP contribution in [0, 0.1) is 0 Å². The van der Waals surface area contributed by atoms with Gasteiger partial charge < -0.3 is 5.32 Å². The quantitative estimate of drug-likeness (QED) is 0.668. The Bertz CT molecular complexity index is 420. The molecule has 1 fully saturated rings. The van der Waals surface area contributed by atoms with Gasteiger partial charge in [0.1, 0.15) is 0 Å². The van der Waals surface area contributed by atoms with E-state index < -0.39 is 0 Å². The Kier molecular flexibility index (Phi) is 4.31. The fraction of sp³-hybridized carbons (Fsp3) is 0.400. The maximum Gasteiger partial charge on any atom is 0.324 e. The van der Waals surface area contributed by atoms with E-state index in [1.165, 1.54) is 9.78 Å². The van der Waals surface area contributed by atoms with Crippen molar-refractivity contribution in [2.75, 3.05) is 18.8 Å². The van der Waals surface area contributed by atoms with Crippen LogP contribution in [0.3, 0.4) is 0 Å². The fourth-order valence-corrected chi connectivity index (χ4v) is 3.56. The molecule has 0 saturated carbocycles. The standard InChI is InChI=1S/C10H11ClN2O2S2/c11-8-2-1-7(17-8)6-16-4-3-13-9(14)5-12-10(13)15/h1-2H,3-6H2,(H,12,15). The SMILES string of the molecule is O=C1CNC(=O)N1CCSCc1ccc(Cl)s1. The molecule has 92 valence electrons. The minimum Gasteiger partial charge on any atom is -0.329 e. The van der Waals surface area contributed by atoms with Crippen molar-refractivity contribution in [1.82, 2.24) is 10.2 Å². The van der Waals surface area contributed by atoms with Crippen LogP contribution >= 0.6 is 34.7 Å². The van der Waals surface area contributed by atoms with Crippen molar-refractivity contribution < 1.29 is 9.59 Å². The first-order chi connectivity index (χ1) is 8.16. The molecule has 2 heterocycles. The Labute approximate surface area is 112 Å². The molecule has 0 radical (unpaired) electrons. The van der Waals surface area contributed by atoms with Crippen molar-refractivity contribution in [1.29, 1.82) is 0 Å². The second kappa shape index (κ2) is 5.75. The lowest BCUT2D eigenvalue weighted by atomic mass is 10.5. The lowest BCUT2D eigenvalue weighted by molar-refractivity contribution is -0.124. The molecule has 3 amide bonds. The number of thiophene rings is 1. The zero-order chi connectivity index (χ0) is 12.3. The van der Waals surface area contributed by atoms with Crippen molar-refractivity contribution in [2.45, 2.75) is 5.75 Å². The number of hydrogen-bond donors (Lipinski definition) is 1. The molecule has 1 saturated heterocycles. The van der Waals surface area contributed by atoms with E-state index in [-0.39, 0.29) is 18.5 Å². The normalized spacial score (nSPS) is 15.5. The van der Waals surface area contributed by atoms with Crippen molar-refractivity contribution in [3.8, 4) is 0 Å². The smallest absolute Gasteiger partial charge is 0.324 e. The van der Waals surface area contributed by atoms with Gasteiger partial charge in [-0.2, -0.15) is 11.8 Å². The molecule has 4 nitrogen and oxygen atoms in total. The summed E-state index contributed by atoms with van der Waals surface area (Å²) in [5.41, 5.74) is 0. The number of nitrogens with one attached hydrogen (secondary N) is 1. The number of halogens is 1. The number of carbonyl (C=O) groups is 2. The Balaban J connectivity index is 1.69. The molecule has 1 N–H and O–H groups in total. The van der Waals surface area contributed by atoms with Gasteiger partial charge in [0.05, 0.1) is 10.9 Å². The summed E-state index contributed by atoms with van der Waals surface area (Å²) in [6, 6.07) is 3.59. The summed E-state index contributed by atoms with van der Waals surface area (Å²) in [6.07, 6.45) is 0. The van der Waals surface area contributed by atoms with Crippen LogP contribution < -0.4 is 5.32 Å². The van der Waals surface area contributed by atoms with Gasteiger partial charge in [-0.05, 0) is 12.1 Å². The van der Waals surface area contributed by atoms with Gasteiger partial charge in [0.25, 0.3) is 0 Å². The highest BCUT2D eigenvalue weighted by atomic mass is 35.5. The number of carbonyl (C=O) groups excluding carboxylic acids is 2. The van der Waals surface area contributed by atoms with E-state index in [1.54, 1.807) is 23.1 Å². The van der Waals surface area contributed by atoms with Crippen LogP contribution in [0.5, 0.6) is 0 Å². The molecule has 7 heteroatoms. The molecule has 0 bridgehead atoms. The molecule has 0 spiro atoms. The van der Waals surface area contributed by atoms with Crippen LogP contribution in [-0.4, -0.2) is 35.7 Å². The van der Waals surface area contributed by atoms with Gasteiger partial charge in [0.15, 0.2) is 0 Å². The minimum absolute atomic E-state index is 0.129. The monoisotopic (exact) mass is 290 g/mol. The van der Waals surface area contributed by atoms with Gasteiger partial charge in [-0.15, -0.1) is 11.3 Å². The average molecular weight is 291 g/mol. The first-order valence-corrected chi connectivity index (χ1v) is 7.42. The molecule has 1 aromatic heterocycles. The van der Waals surface area contributed by atoms with E-state index in [2.05, 4.69) is 5.32 Å². The van der Waals surface area contributed by atoms with Gasteiger partial charge in [0, 0.05) is 22.9 Å². The van der Waals surface area contributed by atoms with E-state index in [1.807, 2.05) is 12.1 Å². The van der Waals surface area contributed by atoms with Gasteiger partial charge in [-0.25, -0.2) is 4.79 Å². The van der Waals surface area contributed by atoms with Gasteiger partial charge in [-0.1, -0.05) is 11.6 Å². The summed E-state index contributed by atoms with van der Waals surface area (Å²) >= 11 is 9.06. The highest BCUT2D eigenvalue weighted by molar-refractivity contribution is 7.98. The lowest BCUT2D eigenvalue weighted by Gasteiger charge is -2.11. The Morgan fingerprint density at radius 1 is 1.47 bits per heavy atom. The molecule has 0 aromatic carbocycles. The molecule has 1 aliphatic rings. The first-order valence-electron chi connectivity index (χ1n) is 5.07. The molecule has 0 atom stereocenters. The van der Waals surface area contributed by atoms with Crippen LogP contribution in [0.25, 0.3) is 0 Å². The summed E-state index contributed by atoms with van der Waals surface area (Å²) in [4.78, 5) is 25.0. The van der Waals surface area contributed by atoms with Crippen LogP contribution in [-0.2, 0) is 10.5 Å². The van der Waals surface area contributed by atoms with Crippen molar-refractivity contribution in [3.05, 3.63) is 21.3 Å². The lowest BCUT2D eigenvalue weighted by Crippen LogP contribution is -2.32. The van der Waals surface area contributed by atoms with Crippen molar-refractivity contribution in [3.63, 3.8) is 0 Å². The third kappa shape index (κ3) is 3.37. The van der Waals surface area contributed by atoms with Crippen LogP contribution in [0.15, 0.2) is 12.1 Å². The zero-order valence-electron chi connectivity index (χ0n) is 8.94. The number of hydrogen-bond acceptors (Lipinski definition) is 4. The van der Waals surface area contributed by atoms with Crippen LogP contribution in [0.2, 0.25) is 4.34 Å². The average Bonchev–Trinajstić information content (AvgIpc) is 2.83. The third-order valence-corrected chi connectivity index (χ3v) is 4.67. The van der Waals surface area contributed by atoms with E-state index in [4.69, 9.17) is 11.6 Å². The van der Waals surface area contributed by atoms with Gasteiger partial charge in [-0.3, -0.25) is 9.69 Å². The third-order valence-electron chi connectivity index (χ3n) is 2.27. The molecular weight excluding hydrogens is 280 g/mol. The molecule has 1 aliphatic heterocycles. The summed E-state index contributed by atoms with van der Waals surface area (Å²) in [5.74, 6) is 1.46. The predicted molar refractivity (Wildman–Crippen MR) is 70.6 cm³/mol. The Hall–Kier alpha value is -0.720. The van der Waals surface area contributed by atoms with E-state index >= 15 is 0 Å². The molecule has 0 aliphatic carbocycles. The highest BCUT2D eigenvalue weighted by Crippen LogP contribution is 2.25. The topological polar surface area (TPSA) is 49.4 Å². The summed E-state index contributed by atoms with van der Waals surface area (Å²) < 4.78 is 0.787. The number of urea groups is 1. The second-order valence-corrected chi connectivity index (χ2v) is 6.37. The molecule has 17 heavy (non-hydrogen) atoms. The van der Waals surface area contributed by atoms with Gasteiger partial charge >= 0.3 is 6.03 Å². The van der Waals surface area contributed by atoms with Gasteiger partial charge in [0.2, 0.25) is 5.91 Å². The first kappa shape index (κ1) is 12.7. The molecule has 1 aromatic rings.